The lowest BCUT2D eigenvalue weighted by molar-refractivity contribution is -0.899. The SMILES string of the molecule is O=C1Nc2ccccc2C(O)(C(=O)NCCC[NH+]2CCCCCC2)N1c1ccc(Cl)cc1. The Hall–Kier alpha value is -2.61. The molecule has 1 atom stereocenters. The van der Waals surface area contributed by atoms with Crippen LogP contribution in [0.2, 0.25) is 5.02 Å². The van der Waals surface area contributed by atoms with E-state index in [1.165, 1.54) is 38.8 Å². The van der Waals surface area contributed by atoms with Crippen LogP contribution in [0, 0.1) is 0 Å². The van der Waals surface area contributed by atoms with Gasteiger partial charge in [0.2, 0.25) is 0 Å². The molecular formula is C24H30ClN4O3+. The number of halogens is 1. The van der Waals surface area contributed by atoms with Crippen molar-refractivity contribution in [1.29, 1.82) is 0 Å². The summed E-state index contributed by atoms with van der Waals surface area (Å²) in [6.07, 6.45) is 5.92. The van der Waals surface area contributed by atoms with Gasteiger partial charge < -0.3 is 20.6 Å². The van der Waals surface area contributed by atoms with Crippen LogP contribution in [0.5, 0.6) is 0 Å². The van der Waals surface area contributed by atoms with E-state index >= 15 is 0 Å². The molecule has 0 aliphatic carbocycles. The molecule has 0 bridgehead atoms. The number of carbonyl (C=O) groups is 2. The Labute approximate surface area is 193 Å². The maximum Gasteiger partial charge on any atom is 0.329 e. The normalized spacial score (nSPS) is 21.4. The van der Waals surface area contributed by atoms with Gasteiger partial charge in [-0.25, -0.2) is 4.79 Å². The molecule has 4 rings (SSSR count). The number of amides is 3. The number of benzene rings is 2. The monoisotopic (exact) mass is 457 g/mol. The number of likely N-dealkylation sites (tertiary alicyclic amines) is 1. The van der Waals surface area contributed by atoms with Crippen LogP contribution in [0.3, 0.4) is 0 Å². The molecule has 2 aromatic rings. The van der Waals surface area contributed by atoms with Crippen LogP contribution in [0.4, 0.5) is 16.2 Å². The standard InChI is InChI=1S/C24H29ClN4O3/c25-18-10-12-19(13-11-18)29-23(31)27-21-9-4-3-8-20(21)24(29,32)22(30)26-14-7-17-28-15-5-1-2-6-16-28/h3-4,8-13,32H,1-2,5-7,14-17H2,(H,26,30)(H,27,31)/p+1. The number of nitrogens with one attached hydrogen (secondary N) is 3. The lowest BCUT2D eigenvalue weighted by Crippen LogP contribution is -3.11. The predicted octanol–water partition coefficient (Wildman–Crippen LogP) is 2.50. The Morgan fingerprint density at radius 3 is 2.50 bits per heavy atom. The fourth-order valence-electron chi connectivity index (χ4n) is 4.59. The molecule has 2 aromatic carbocycles. The summed E-state index contributed by atoms with van der Waals surface area (Å²) < 4.78 is 0. The largest absolute Gasteiger partial charge is 0.359 e. The maximum absolute atomic E-state index is 13.4. The second-order valence-corrected chi connectivity index (χ2v) is 8.92. The highest BCUT2D eigenvalue weighted by atomic mass is 35.5. The van der Waals surface area contributed by atoms with E-state index in [0.29, 0.717) is 28.5 Å². The van der Waals surface area contributed by atoms with Gasteiger partial charge >= 0.3 is 6.03 Å². The summed E-state index contributed by atoms with van der Waals surface area (Å²) in [5.41, 5.74) is -1.07. The molecule has 0 radical (unpaired) electrons. The molecule has 1 saturated heterocycles. The van der Waals surface area contributed by atoms with Crippen LogP contribution in [0.15, 0.2) is 48.5 Å². The van der Waals surface area contributed by atoms with E-state index in [4.69, 9.17) is 11.6 Å². The first-order valence-corrected chi connectivity index (χ1v) is 11.7. The minimum atomic E-state index is -2.18. The molecule has 2 heterocycles. The van der Waals surface area contributed by atoms with Crippen molar-refractivity contribution in [2.24, 2.45) is 0 Å². The number of nitrogens with zero attached hydrogens (tertiary/aromatic N) is 1. The van der Waals surface area contributed by atoms with E-state index in [0.717, 1.165) is 17.9 Å². The zero-order chi connectivity index (χ0) is 22.6. The molecule has 1 unspecified atom stereocenters. The molecule has 1 fully saturated rings. The second-order valence-electron chi connectivity index (χ2n) is 8.48. The molecule has 7 nitrogen and oxygen atoms in total. The third-order valence-corrected chi connectivity index (χ3v) is 6.53. The molecule has 3 amide bonds. The number of anilines is 2. The highest BCUT2D eigenvalue weighted by molar-refractivity contribution is 6.30. The topological polar surface area (TPSA) is 86.1 Å². The van der Waals surface area contributed by atoms with Gasteiger partial charge in [0, 0.05) is 29.2 Å². The minimum absolute atomic E-state index is 0.324. The van der Waals surface area contributed by atoms with E-state index in [-0.39, 0.29) is 0 Å². The maximum atomic E-state index is 13.4. The van der Waals surface area contributed by atoms with Gasteiger partial charge in [-0.1, -0.05) is 29.8 Å². The Morgan fingerprint density at radius 1 is 1.09 bits per heavy atom. The summed E-state index contributed by atoms with van der Waals surface area (Å²) in [5.74, 6) is -0.624. The summed E-state index contributed by atoms with van der Waals surface area (Å²) in [6, 6.07) is 12.7. The second kappa shape index (κ2) is 9.90. The third-order valence-electron chi connectivity index (χ3n) is 6.28. The Morgan fingerprint density at radius 2 is 1.78 bits per heavy atom. The molecule has 170 valence electrons. The van der Waals surface area contributed by atoms with Gasteiger partial charge in [-0.3, -0.25) is 9.69 Å². The molecule has 2 aliphatic heterocycles. The van der Waals surface area contributed by atoms with Gasteiger partial charge in [0.05, 0.1) is 25.3 Å². The van der Waals surface area contributed by atoms with Crippen LogP contribution in [0.1, 0.15) is 37.7 Å². The summed E-state index contributed by atoms with van der Waals surface area (Å²) in [7, 11) is 0. The number of aliphatic hydroxyl groups is 1. The number of urea groups is 1. The van der Waals surface area contributed by atoms with Crippen LogP contribution in [0.25, 0.3) is 0 Å². The van der Waals surface area contributed by atoms with Crippen molar-refractivity contribution >= 4 is 34.9 Å². The summed E-state index contributed by atoms with van der Waals surface area (Å²) in [6.45, 7) is 3.77. The lowest BCUT2D eigenvalue weighted by atomic mass is 9.95. The zero-order valence-corrected chi connectivity index (χ0v) is 18.8. The van der Waals surface area contributed by atoms with E-state index in [1.807, 2.05) is 0 Å². The number of hydrogen-bond donors (Lipinski definition) is 4. The van der Waals surface area contributed by atoms with Gasteiger partial charge in [0.1, 0.15) is 0 Å². The smallest absolute Gasteiger partial charge is 0.329 e. The fourth-order valence-corrected chi connectivity index (χ4v) is 4.72. The van der Waals surface area contributed by atoms with Crippen molar-refractivity contribution < 1.29 is 19.6 Å². The predicted molar refractivity (Wildman–Crippen MR) is 125 cm³/mol. The van der Waals surface area contributed by atoms with E-state index in [1.54, 1.807) is 53.4 Å². The third kappa shape index (κ3) is 4.60. The average Bonchev–Trinajstić information content (AvgIpc) is 3.06. The number of fused-ring (bicyclic) bond motifs is 1. The molecule has 0 spiro atoms. The van der Waals surface area contributed by atoms with Crippen LogP contribution < -0.4 is 20.4 Å². The zero-order valence-electron chi connectivity index (χ0n) is 18.1. The van der Waals surface area contributed by atoms with E-state index in [9.17, 15) is 14.7 Å². The molecule has 8 heteroatoms. The molecular weight excluding hydrogens is 428 g/mol. The first kappa shape index (κ1) is 22.6. The lowest BCUT2D eigenvalue weighted by Gasteiger charge is -2.42. The average molecular weight is 458 g/mol. The highest BCUT2D eigenvalue weighted by Gasteiger charge is 2.51. The van der Waals surface area contributed by atoms with Gasteiger partial charge in [-0.05, 0) is 56.0 Å². The molecule has 32 heavy (non-hydrogen) atoms. The molecule has 0 saturated carbocycles. The van der Waals surface area contributed by atoms with Crippen molar-refractivity contribution in [3.63, 3.8) is 0 Å². The fraction of sp³-hybridized carbons (Fsp3) is 0.417. The van der Waals surface area contributed by atoms with Crippen molar-refractivity contribution in [1.82, 2.24) is 5.32 Å². The van der Waals surface area contributed by atoms with Crippen LogP contribution in [-0.2, 0) is 10.5 Å². The van der Waals surface area contributed by atoms with E-state index in [2.05, 4.69) is 10.6 Å². The number of hydrogen-bond acceptors (Lipinski definition) is 3. The first-order chi connectivity index (χ1) is 15.5. The van der Waals surface area contributed by atoms with Gasteiger partial charge in [0.15, 0.2) is 0 Å². The minimum Gasteiger partial charge on any atom is -0.359 e. The molecule has 0 aromatic heterocycles. The summed E-state index contributed by atoms with van der Waals surface area (Å²) in [5, 5.41) is 17.9. The number of para-hydroxylation sites is 1. The molecule has 2 aliphatic rings. The van der Waals surface area contributed by atoms with Crippen molar-refractivity contribution in [3.8, 4) is 0 Å². The number of rotatable bonds is 6. The van der Waals surface area contributed by atoms with Crippen molar-refractivity contribution in [3.05, 3.63) is 59.1 Å². The first-order valence-electron chi connectivity index (χ1n) is 11.3. The van der Waals surface area contributed by atoms with Gasteiger partial charge in [-0.15, -0.1) is 0 Å². The Bertz CT molecular complexity index is 960. The van der Waals surface area contributed by atoms with E-state index < -0.39 is 17.7 Å². The van der Waals surface area contributed by atoms with Gasteiger partial charge in [-0.2, -0.15) is 0 Å². The van der Waals surface area contributed by atoms with Crippen LogP contribution in [-0.4, -0.2) is 43.2 Å². The quantitative estimate of drug-likeness (QED) is 0.503. The highest BCUT2D eigenvalue weighted by Crippen LogP contribution is 2.39. The summed E-state index contributed by atoms with van der Waals surface area (Å²) in [4.78, 5) is 29.0. The Kier molecular flexibility index (Phi) is 6.98. The number of quaternary nitrogens is 1. The van der Waals surface area contributed by atoms with Crippen molar-refractivity contribution in [2.45, 2.75) is 37.8 Å². The van der Waals surface area contributed by atoms with Crippen molar-refractivity contribution in [2.75, 3.05) is 36.4 Å². The van der Waals surface area contributed by atoms with Crippen LogP contribution >= 0.6 is 11.6 Å². The Balaban J connectivity index is 1.53. The molecule has 4 N–H and O–H groups in total. The van der Waals surface area contributed by atoms with Gasteiger partial charge in [0.25, 0.3) is 11.6 Å². The summed E-state index contributed by atoms with van der Waals surface area (Å²) >= 11 is 6.00. The number of carbonyl (C=O) groups excluding carboxylic acids is 2.